The molecular formula is C12H21N3S. The molecule has 0 bridgehead atoms. The van der Waals surface area contributed by atoms with E-state index in [4.69, 9.17) is 0 Å². The molecule has 1 aliphatic heterocycles. The molecule has 0 radical (unpaired) electrons. The summed E-state index contributed by atoms with van der Waals surface area (Å²) in [6.07, 6.45) is 4.46. The molecule has 1 aromatic rings. The van der Waals surface area contributed by atoms with Gasteiger partial charge in [0.15, 0.2) is 0 Å². The molecule has 0 aliphatic carbocycles. The Morgan fingerprint density at radius 3 is 3.19 bits per heavy atom. The van der Waals surface area contributed by atoms with Crippen LogP contribution in [0.5, 0.6) is 0 Å². The highest BCUT2D eigenvalue weighted by Crippen LogP contribution is 2.30. The van der Waals surface area contributed by atoms with Crippen LogP contribution in [0, 0.1) is 0 Å². The van der Waals surface area contributed by atoms with Gasteiger partial charge in [-0.3, -0.25) is 0 Å². The fraction of sp³-hybridized carbons (Fsp3) is 0.750. The predicted octanol–water partition coefficient (Wildman–Crippen LogP) is 1.71. The second kappa shape index (κ2) is 5.75. The quantitative estimate of drug-likeness (QED) is 0.848. The minimum Gasteiger partial charge on any atom is -0.319 e. The zero-order valence-electron chi connectivity index (χ0n) is 10.2. The van der Waals surface area contributed by atoms with Gasteiger partial charge in [-0.25, -0.2) is 4.98 Å². The Morgan fingerprint density at radius 1 is 1.62 bits per heavy atom. The number of nitrogens with zero attached hydrogens (tertiary/aromatic N) is 2. The van der Waals surface area contributed by atoms with Crippen molar-refractivity contribution >= 4 is 11.3 Å². The van der Waals surface area contributed by atoms with E-state index in [2.05, 4.69) is 28.3 Å². The summed E-state index contributed by atoms with van der Waals surface area (Å²) in [5.41, 5.74) is 0. The molecule has 90 valence electrons. The summed E-state index contributed by atoms with van der Waals surface area (Å²) in [5.74, 6) is 0.688. The van der Waals surface area contributed by atoms with Gasteiger partial charge in [0, 0.05) is 23.5 Å². The molecule has 1 aliphatic rings. The first-order valence-electron chi connectivity index (χ1n) is 6.15. The lowest BCUT2D eigenvalue weighted by atomic mass is 10.1. The van der Waals surface area contributed by atoms with Crippen molar-refractivity contribution in [2.24, 2.45) is 0 Å². The van der Waals surface area contributed by atoms with Gasteiger partial charge in [-0.15, -0.1) is 11.3 Å². The second-order valence-corrected chi connectivity index (χ2v) is 5.54. The molecule has 1 N–H and O–H groups in total. The van der Waals surface area contributed by atoms with Gasteiger partial charge in [0.2, 0.25) is 0 Å². The molecule has 4 heteroatoms. The smallest absolute Gasteiger partial charge is 0.0971 e. The molecule has 0 saturated carbocycles. The molecule has 0 spiro atoms. The van der Waals surface area contributed by atoms with Crippen LogP contribution in [0.4, 0.5) is 0 Å². The van der Waals surface area contributed by atoms with Crippen LogP contribution >= 0.6 is 11.3 Å². The minimum absolute atomic E-state index is 0.688. The van der Waals surface area contributed by atoms with E-state index >= 15 is 0 Å². The van der Waals surface area contributed by atoms with Crippen LogP contribution in [0.15, 0.2) is 6.20 Å². The van der Waals surface area contributed by atoms with Crippen LogP contribution in [0.2, 0.25) is 0 Å². The first-order valence-corrected chi connectivity index (χ1v) is 6.96. The largest absolute Gasteiger partial charge is 0.319 e. The van der Waals surface area contributed by atoms with Crippen LogP contribution in [0.3, 0.4) is 0 Å². The van der Waals surface area contributed by atoms with Crippen molar-refractivity contribution in [2.45, 2.75) is 25.7 Å². The van der Waals surface area contributed by atoms with Crippen molar-refractivity contribution in [3.05, 3.63) is 16.1 Å². The number of thiazole rings is 1. The van der Waals surface area contributed by atoms with E-state index in [1.807, 2.05) is 18.4 Å². The van der Waals surface area contributed by atoms with Crippen molar-refractivity contribution in [3.8, 4) is 0 Å². The maximum absolute atomic E-state index is 4.58. The fourth-order valence-electron chi connectivity index (χ4n) is 2.20. The molecule has 0 amide bonds. The lowest BCUT2D eigenvalue weighted by molar-refractivity contribution is 0.354. The van der Waals surface area contributed by atoms with Crippen molar-refractivity contribution < 1.29 is 0 Å². The molecular weight excluding hydrogens is 218 g/mol. The van der Waals surface area contributed by atoms with Gasteiger partial charge in [0.1, 0.15) is 0 Å². The summed E-state index contributed by atoms with van der Waals surface area (Å²) < 4.78 is 0. The molecule has 1 unspecified atom stereocenters. The van der Waals surface area contributed by atoms with Crippen LogP contribution < -0.4 is 5.32 Å². The number of rotatable bonds is 5. The van der Waals surface area contributed by atoms with E-state index < -0.39 is 0 Å². The second-order valence-electron chi connectivity index (χ2n) is 4.40. The first-order chi connectivity index (χ1) is 7.83. The van der Waals surface area contributed by atoms with Crippen molar-refractivity contribution in [1.82, 2.24) is 15.2 Å². The predicted molar refractivity (Wildman–Crippen MR) is 69.2 cm³/mol. The first kappa shape index (κ1) is 12.0. The maximum Gasteiger partial charge on any atom is 0.0971 e. The molecule has 16 heavy (non-hydrogen) atoms. The van der Waals surface area contributed by atoms with E-state index in [9.17, 15) is 0 Å². The van der Waals surface area contributed by atoms with Crippen molar-refractivity contribution in [1.29, 1.82) is 0 Å². The molecule has 2 rings (SSSR count). The summed E-state index contributed by atoms with van der Waals surface area (Å²) in [6.45, 7) is 6.91. The van der Waals surface area contributed by atoms with Crippen LogP contribution in [-0.2, 0) is 6.42 Å². The van der Waals surface area contributed by atoms with Gasteiger partial charge in [0.25, 0.3) is 0 Å². The van der Waals surface area contributed by atoms with Crippen LogP contribution in [0.25, 0.3) is 0 Å². The van der Waals surface area contributed by atoms with Gasteiger partial charge < -0.3 is 10.2 Å². The van der Waals surface area contributed by atoms with E-state index in [1.165, 1.54) is 35.9 Å². The zero-order chi connectivity index (χ0) is 11.4. The fourth-order valence-corrected chi connectivity index (χ4v) is 3.24. The summed E-state index contributed by atoms with van der Waals surface area (Å²) in [5, 5.41) is 4.53. The van der Waals surface area contributed by atoms with Crippen LogP contribution in [-0.4, -0.2) is 43.1 Å². The number of likely N-dealkylation sites (tertiary alicyclic amines) is 1. The lowest BCUT2D eigenvalue weighted by Gasteiger charge is -2.11. The average Bonchev–Trinajstić information content (AvgIpc) is 2.94. The average molecular weight is 239 g/mol. The normalized spacial score (nSPS) is 21.8. The number of likely N-dealkylation sites (N-methyl/N-ethyl adjacent to an activating group) is 2. The Hall–Kier alpha value is -0.450. The standard InChI is InChI=1S/C12H21N3S/c1-3-15-7-5-10(9-15)12-14-8-11(16-12)4-6-13-2/h8,10,13H,3-7,9H2,1-2H3. The number of hydrogen-bond acceptors (Lipinski definition) is 4. The Kier molecular flexibility index (Phi) is 4.32. The summed E-state index contributed by atoms with van der Waals surface area (Å²) >= 11 is 1.90. The third-order valence-electron chi connectivity index (χ3n) is 3.26. The SMILES string of the molecule is CCN1CCC(c2ncc(CCNC)s2)C1. The van der Waals surface area contributed by atoms with E-state index in [1.54, 1.807) is 0 Å². The van der Waals surface area contributed by atoms with Gasteiger partial charge in [-0.05, 0) is 39.5 Å². The molecule has 1 fully saturated rings. The highest BCUT2D eigenvalue weighted by Gasteiger charge is 2.24. The molecule has 2 heterocycles. The topological polar surface area (TPSA) is 28.2 Å². The van der Waals surface area contributed by atoms with Gasteiger partial charge in [-0.1, -0.05) is 6.92 Å². The molecule has 3 nitrogen and oxygen atoms in total. The monoisotopic (exact) mass is 239 g/mol. The lowest BCUT2D eigenvalue weighted by Crippen LogP contribution is -2.19. The van der Waals surface area contributed by atoms with Gasteiger partial charge in [0.05, 0.1) is 5.01 Å². The highest BCUT2D eigenvalue weighted by atomic mass is 32.1. The van der Waals surface area contributed by atoms with E-state index in [0.717, 1.165) is 13.0 Å². The number of nitrogens with one attached hydrogen (secondary N) is 1. The Morgan fingerprint density at radius 2 is 2.50 bits per heavy atom. The third-order valence-corrected chi connectivity index (χ3v) is 4.48. The van der Waals surface area contributed by atoms with Crippen LogP contribution in [0.1, 0.15) is 29.1 Å². The van der Waals surface area contributed by atoms with Crippen molar-refractivity contribution in [3.63, 3.8) is 0 Å². The molecule has 1 atom stereocenters. The molecule has 1 aromatic heterocycles. The van der Waals surface area contributed by atoms with Crippen molar-refractivity contribution in [2.75, 3.05) is 33.2 Å². The van der Waals surface area contributed by atoms with E-state index in [0.29, 0.717) is 5.92 Å². The van der Waals surface area contributed by atoms with E-state index in [-0.39, 0.29) is 0 Å². The number of hydrogen-bond donors (Lipinski definition) is 1. The van der Waals surface area contributed by atoms with Gasteiger partial charge >= 0.3 is 0 Å². The molecule has 0 aromatic carbocycles. The zero-order valence-corrected chi connectivity index (χ0v) is 11.0. The summed E-state index contributed by atoms with van der Waals surface area (Å²) in [6, 6.07) is 0. The Labute approximate surface area is 102 Å². The maximum atomic E-state index is 4.58. The minimum atomic E-state index is 0.688. The summed E-state index contributed by atoms with van der Waals surface area (Å²) in [7, 11) is 2.00. The highest BCUT2D eigenvalue weighted by molar-refractivity contribution is 7.11. The number of aromatic nitrogens is 1. The molecule has 1 saturated heterocycles. The third kappa shape index (κ3) is 2.81. The van der Waals surface area contributed by atoms with Gasteiger partial charge in [-0.2, -0.15) is 0 Å². The Balaban J connectivity index is 1.92. The Bertz CT molecular complexity index is 324. The summed E-state index contributed by atoms with van der Waals surface area (Å²) in [4.78, 5) is 8.51.